The van der Waals surface area contributed by atoms with Gasteiger partial charge in [0.2, 0.25) is 0 Å². The van der Waals surface area contributed by atoms with Crippen molar-refractivity contribution >= 4 is 33.0 Å². The number of benzene rings is 4. The molecular weight excluding hydrogens is 793 g/mol. The predicted molar refractivity (Wildman–Crippen MR) is 201 cm³/mol. The summed E-state index contributed by atoms with van der Waals surface area (Å²) in [5.74, 6) is 1.53. The molecule has 1 radical (unpaired) electrons. The number of para-hydroxylation sites is 2. The molecule has 0 bridgehead atoms. The third-order valence-corrected chi connectivity index (χ3v) is 9.04. The molecule has 0 aliphatic heterocycles. The van der Waals surface area contributed by atoms with E-state index >= 15 is 0 Å². The molecule has 4 heterocycles. The molecule has 253 valence electrons. The number of aromatic nitrogens is 4. The molecule has 0 fully saturated rings. The van der Waals surface area contributed by atoms with Crippen LogP contribution in [0.2, 0.25) is 0 Å². The minimum atomic E-state index is 0. The van der Waals surface area contributed by atoms with Crippen molar-refractivity contribution in [2.24, 2.45) is 0 Å². The molecular formula is C44H40IrN4O-2. The number of aryl methyl sites for hydroxylation is 3. The van der Waals surface area contributed by atoms with Crippen molar-refractivity contribution in [2.75, 3.05) is 0 Å². The van der Waals surface area contributed by atoms with E-state index in [1.807, 2.05) is 68.7 Å². The third-order valence-electron chi connectivity index (χ3n) is 9.04. The minimum Gasteiger partial charge on any atom is -0.501 e. The molecule has 0 amide bonds. The molecule has 0 spiro atoms. The normalized spacial score (nSPS) is 11.3. The van der Waals surface area contributed by atoms with Crippen molar-refractivity contribution in [3.8, 4) is 28.3 Å². The number of pyridine rings is 2. The molecule has 5 nitrogen and oxygen atoms in total. The quantitative estimate of drug-likeness (QED) is 0.162. The fourth-order valence-corrected chi connectivity index (χ4v) is 6.44. The molecule has 8 rings (SSSR count). The van der Waals surface area contributed by atoms with Crippen molar-refractivity contribution in [1.29, 1.82) is 0 Å². The van der Waals surface area contributed by atoms with Crippen LogP contribution in [0.5, 0.6) is 0 Å². The summed E-state index contributed by atoms with van der Waals surface area (Å²) in [7, 11) is 0. The summed E-state index contributed by atoms with van der Waals surface area (Å²) in [4.78, 5) is 14.1. The number of hydrogen-bond acceptors (Lipinski definition) is 4. The number of imidazole rings is 1. The van der Waals surface area contributed by atoms with E-state index in [1.54, 1.807) is 0 Å². The second-order valence-electron chi connectivity index (χ2n) is 13.3. The van der Waals surface area contributed by atoms with E-state index in [1.165, 1.54) is 27.9 Å². The summed E-state index contributed by atoms with van der Waals surface area (Å²) in [6.45, 7) is 15.1. The molecule has 0 saturated carbocycles. The first kappa shape index (κ1) is 34.9. The van der Waals surface area contributed by atoms with Gasteiger partial charge in [-0.05, 0) is 60.2 Å². The number of fused-ring (bicyclic) bond motifs is 4. The zero-order chi connectivity index (χ0) is 34.2. The Morgan fingerprint density at radius 2 is 1.46 bits per heavy atom. The van der Waals surface area contributed by atoms with Crippen molar-refractivity contribution in [1.82, 2.24) is 19.5 Å². The van der Waals surface area contributed by atoms with Gasteiger partial charge in [-0.25, -0.2) is 0 Å². The van der Waals surface area contributed by atoms with Crippen LogP contribution in [0.1, 0.15) is 67.5 Å². The monoisotopic (exact) mass is 833 g/mol. The maximum absolute atomic E-state index is 6.41. The molecule has 0 atom stereocenters. The number of nitrogens with zero attached hydrogens (tertiary/aromatic N) is 4. The van der Waals surface area contributed by atoms with Gasteiger partial charge < -0.3 is 14.0 Å². The largest absolute Gasteiger partial charge is 0.501 e. The van der Waals surface area contributed by atoms with Gasteiger partial charge in [0.25, 0.3) is 0 Å². The van der Waals surface area contributed by atoms with Crippen LogP contribution in [-0.4, -0.2) is 19.5 Å². The Labute approximate surface area is 307 Å². The van der Waals surface area contributed by atoms with Crippen molar-refractivity contribution in [3.63, 3.8) is 0 Å². The maximum atomic E-state index is 6.41. The summed E-state index contributed by atoms with van der Waals surface area (Å²) in [5.41, 5.74) is 13.6. The Morgan fingerprint density at radius 1 is 0.720 bits per heavy atom. The zero-order valence-electron chi connectivity index (χ0n) is 29.5. The zero-order valence-corrected chi connectivity index (χ0v) is 31.9. The van der Waals surface area contributed by atoms with Crippen LogP contribution in [0, 0.1) is 32.9 Å². The molecule has 0 aliphatic carbocycles. The number of rotatable bonds is 5. The van der Waals surface area contributed by atoms with Crippen LogP contribution in [0.4, 0.5) is 0 Å². The second kappa shape index (κ2) is 14.5. The summed E-state index contributed by atoms with van der Waals surface area (Å²) < 4.78 is 8.72. The summed E-state index contributed by atoms with van der Waals surface area (Å²) in [6.07, 6.45) is 3.75. The van der Waals surface area contributed by atoms with Gasteiger partial charge in [-0.1, -0.05) is 94.1 Å². The minimum absolute atomic E-state index is 0. The molecule has 0 aliphatic rings. The molecule has 0 N–H and O–H groups in total. The summed E-state index contributed by atoms with van der Waals surface area (Å²) in [5, 5.41) is 2.17. The van der Waals surface area contributed by atoms with Gasteiger partial charge in [-0.3, -0.25) is 9.97 Å². The van der Waals surface area contributed by atoms with Crippen molar-refractivity contribution < 1.29 is 24.5 Å². The van der Waals surface area contributed by atoms with E-state index in [0.717, 1.165) is 61.3 Å². The SMILES string of the molecule is Cc1c[c-]c(-c2ccc(C)cn2)cc1.Cc1nccc2c1nc(-c1[c-]ccc3c1oc1ccccc13)n2-c1c(C(C)C)cccc1C(C)C.[Ir]. The van der Waals surface area contributed by atoms with Gasteiger partial charge in [-0.15, -0.1) is 53.6 Å². The predicted octanol–water partition coefficient (Wildman–Crippen LogP) is 11.5. The van der Waals surface area contributed by atoms with E-state index in [0.29, 0.717) is 11.8 Å². The first-order valence-electron chi connectivity index (χ1n) is 16.9. The first-order valence-corrected chi connectivity index (χ1v) is 16.9. The van der Waals surface area contributed by atoms with Crippen molar-refractivity contribution in [3.05, 3.63) is 143 Å². The Kier molecular flexibility index (Phi) is 10.2. The number of furan rings is 1. The van der Waals surface area contributed by atoms with Gasteiger partial charge >= 0.3 is 0 Å². The van der Waals surface area contributed by atoms with Gasteiger partial charge in [0.05, 0.1) is 28.1 Å². The van der Waals surface area contributed by atoms with E-state index in [-0.39, 0.29) is 20.1 Å². The van der Waals surface area contributed by atoms with Crippen LogP contribution in [0.3, 0.4) is 0 Å². The molecule has 50 heavy (non-hydrogen) atoms. The van der Waals surface area contributed by atoms with Crippen molar-refractivity contribution in [2.45, 2.75) is 60.3 Å². The third kappa shape index (κ3) is 6.54. The Morgan fingerprint density at radius 3 is 2.14 bits per heavy atom. The molecule has 0 unspecified atom stereocenters. The Hall–Kier alpha value is -4.90. The van der Waals surface area contributed by atoms with Crippen LogP contribution >= 0.6 is 0 Å². The van der Waals surface area contributed by atoms with Gasteiger partial charge in [0.15, 0.2) is 0 Å². The molecule has 6 heteroatoms. The topological polar surface area (TPSA) is 56.7 Å². The summed E-state index contributed by atoms with van der Waals surface area (Å²) in [6, 6.07) is 37.8. The Balaban J connectivity index is 0.000000242. The van der Waals surface area contributed by atoms with Gasteiger partial charge in [-0.2, -0.15) is 0 Å². The van der Waals surface area contributed by atoms with Crippen LogP contribution < -0.4 is 0 Å². The molecule has 0 saturated heterocycles. The van der Waals surface area contributed by atoms with E-state index in [4.69, 9.17) is 9.40 Å². The van der Waals surface area contributed by atoms with Crippen LogP contribution in [0.25, 0.3) is 61.3 Å². The van der Waals surface area contributed by atoms with E-state index in [2.05, 4.69) is 110 Å². The average molecular weight is 833 g/mol. The average Bonchev–Trinajstić information content (AvgIpc) is 3.68. The Bertz CT molecular complexity index is 2350. The standard InChI is InChI=1S/C31H28N3O.C13H12N.Ir/c1-18(2)21-11-8-12-22(19(3)4)29(21)34-26-16-17-32-20(5)28(26)33-31(34)25-14-9-13-24-23-10-6-7-15-27(23)35-30(24)25;1-10-3-6-12(7-4-10)13-8-5-11(2)9-14-13;/h6-13,15-19H,1-5H3;3-6,8-9H,1-2H3;/q2*-1;. The second-order valence-corrected chi connectivity index (χ2v) is 13.3. The molecule has 4 aromatic carbocycles. The first-order chi connectivity index (χ1) is 23.7. The number of hydrogen-bond donors (Lipinski definition) is 0. The van der Waals surface area contributed by atoms with E-state index in [9.17, 15) is 0 Å². The van der Waals surface area contributed by atoms with E-state index < -0.39 is 0 Å². The summed E-state index contributed by atoms with van der Waals surface area (Å²) >= 11 is 0. The van der Waals surface area contributed by atoms with Gasteiger partial charge in [0.1, 0.15) is 5.58 Å². The smallest absolute Gasteiger partial charge is 0.120 e. The fraction of sp³-hybridized carbons (Fsp3) is 0.205. The fourth-order valence-electron chi connectivity index (χ4n) is 6.44. The molecule has 4 aromatic heterocycles. The maximum Gasteiger partial charge on any atom is 0.120 e. The van der Waals surface area contributed by atoms with Crippen LogP contribution in [0.15, 0.2) is 108 Å². The molecule has 8 aromatic rings. The van der Waals surface area contributed by atoms with Gasteiger partial charge in [0, 0.05) is 43.6 Å². The van der Waals surface area contributed by atoms with Crippen LogP contribution in [-0.2, 0) is 20.1 Å².